The van der Waals surface area contributed by atoms with Gasteiger partial charge >= 0.3 is 6.01 Å². The van der Waals surface area contributed by atoms with Crippen LogP contribution in [0.15, 0.2) is 60.9 Å². The van der Waals surface area contributed by atoms with Gasteiger partial charge in [0.15, 0.2) is 0 Å². The molecule has 0 spiro atoms. The number of fused-ring (bicyclic) bond motifs is 1. The van der Waals surface area contributed by atoms with Crippen LogP contribution in [0.3, 0.4) is 0 Å². The Balaban J connectivity index is 1.55. The van der Waals surface area contributed by atoms with Crippen molar-refractivity contribution in [3.8, 4) is 17.6 Å². The standard InChI is InChI=1S/C22H20N4O2/c1-14-4-5-17(12-15(14)2)26(3)16-6-8-18(9-7-16)28-22-24-20-13-23-11-10-19(20)21(27)25-22/h4-13H,1-3H3,(H,24,25,27). The summed E-state index contributed by atoms with van der Waals surface area (Å²) >= 11 is 0. The van der Waals surface area contributed by atoms with Crippen molar-refractivity contribution in [2.75, 3.05) is 11.9 Å². The summed E-state index contributed by atoms with van der Waals surface area (Å²) in [6.45, 7) is 4.21. The van der Waals surface area contributed by atoms with E-state index in [0.717, 1.165) is 11.4 Å². The van der Waals surface area contributed by atoms with Gasteiger partial charge in [-0.25, -0.2) is 0 Å². The maximum Gasteiger partial charge on any atom is 0.325 e. The highest BCUT2D eigenvalue weighted by Gasteiger charge is 2.10. The summed E-state index contributed by atoms with van der Waals surface area (Å²) in [5.74, 6) is 0.452. The summed E-state index contributed by atoms with van der Waals surface area (Å²) < 4.78 is 5.71. The van der Waals surface area contributed by atoms with Gasteiger partial charge in [-0.15, -0.1) is 0 Å². The molecule has 4 rings (SSSR count). The molecule has 2 aromatic carbocycles. The third kappa shape index (κ3) is 3.44. The normalized spacial score (nSPS) is 10.8. The van der Waals surface area contributed by atoms with Crippen molar-refractivity contribution < 1.29 is 9.84 Å². The van der Waals surface area contributed by atoms with E-state index in [4.69, 9.17) is 4.74 Å². The number of aromatic hydroxyl groups is 1. The van der Waals surface area contributed by atoms with Crippen LogP contribution in [-0.2, 0) is 0 Å². The molecule has 140 valence electrons. The lowest BCUT2D eigenvalue weighted by Crippen LogP contribution is -2.09. The number of aromatic nitrogens is 3. The van der Waals surface area contributed by atoms with Gasteiger partial charge in [-0.2, -0.15) is 9.97 Å². The predicted octanol–water partition coefficient (Wildman–Crippen LogP) is 4.91. The third-order valence-electron chi connectivity index (χ3n) is 4.77. The second kappa shape index (κ2) is 7.15. The Hall–Kier alpha value is -3.67. The molecule has 0 amide bonds. The number of benzene rings is 2. The van der Waals surface area contributed by atoms with Crippen LogP contribution >= 0.6 is 0 Å². The number of nitrogens with zero attached hydrogens (tertiary/aromatic N) is 4. The van der Waals surface area contributed by atoms with E-state index < -0.39 is 0 Å². The summed E-state index contributed by atoms with van der Waals surface area (Å²) in [6.07, 6.45) is 3.14. The van der Waals surface area contributed by atoms with Crippen LogP contribution in [0.5, 0.6) is 17.6 Å². The summed E-state index contributed by atoms with van der Waals surface area (Å²) in [5.41, 5.74) is 5.20. The minimum Gasteiger partial charge on any atom is -0.493 e. The smallest absolute Gasteiger partial charge is 0.325 e. The SMILES string of the molecule is Cc1ccc(N(C)c2ccc(Oc3nc(O)c4ccncc4n3)cc2)cc1C. The van der Waals surface area contributed by atoms with Crippen molar-refractivity contribution in [1.29, 1.82) is 0 Å². The molecule has 1 N–H and O–H groups in total. The quantitative estimate of drug-likeness (QED) is 0.549. The Morgan fingerprint density at radius 3 is 2.39 bits per heavy atom. The molecule has 0 radical (unpaired) electrons. The van der Waals surface area contributed by atoms with E-state index in [2.05, 4.69) is 51.9 Å². The van der Waals surface area contributed by atoms with Crippen molar-refractivity contribution in [2.24, 2.45) is 0 Å². The van der Waals surface area contributed by atoms with Crippen LogP contribution in [0.2, 0.25) is 0 Å². The zero-order valence-corrected chi connectivity index (χ0v) is 15.9. The Bertz CT molecular complexity index is 1140. The lowest BCUT2D eigenvalue weighted by atomic mass is 10.1. The van der Waals surface area contributed by atoms with E-state index in [0.29, 0.717) is 16.7 Å². The Kier molecular flexibility index (Phi) is 4.53. The number of hydrogen-bond acceptors (Lipinski definition) is 6. The molecule has 0 fully saturated rings. The van der Waals surface area contributed by atoms with E-state index in [1.807, 2.05) is 31.3 Å². The molecule has 2 aromatic heterocycles. The van der Waals surface area contributed by atoms with Gasteiger partial charge in [0, 0.05) is 24.6 Å². The van der Waals surface area contributed by atoms with Gasteiger partial charge in [0.2, 0.25) is 5.88 Å². The second-order valence-electron chi connectivity index (χ2n) is 6.65. The number of hydrogen-bond donors (Lipinski definition) is 1. The molecule has 6 heteroatoms. The van der Waals surface area contributed by atoms with Crippen LogP contribution in [0.25, 0.3) is 10.9 Å². The third-order valence-corrected chi connectivity index (χ3v) is 4.77. The van der Waals surface area contributed by atoms with E-state index in [1.54, 1.807) is 18.5 Å². The zero-order chi connectivity index (χ0) is 19.7. The molecule has 4 aromatic rings. The first kappa shape index (κ1) is 17.7. The molecule has 0 bridgehead atoms. The highest BCUT2D eigenvalue weighted by Crippen LogP contribution is 2.29. The fourth-order valence-corrected chi connectivity index (χ4v) is 2.92. The first-order valence-electron chi connectivity index (χ1n) is 8.91. The van der Waals surface area contributed by atoms with E-state index in [1.165, 1.54) is 11.1 Å². The van der Waals surface area contributed by atoms with Gasteiger partial charge in [-0.05, 0) is 67.4 Å². The summed E-state index contributed by atoms with van der Waals surface area (Å²) in [6, 6.07) is 15.8. The minimum absolute atomic E-state index is 0.0771. The van der Waals surface area contributed by atoms with Gasteiger partial charge < -0.3 is 14.7 Å². The Morgan fingerprint density at radius 1 is 0.893 bits per heavy atom. The highest BCUT2D eigenvalue weighted by molar-refractivity contribution is 5.82. The molecule has 0 atom stereocenters. The number of ether oxygens (including phenoxy) is 1. The molecule has 6 nitrogen and oxygen atoms in total. The van der Waals surface area contributed by atoms with Crippen molar-refractivity contribution in [2.45, 2.75) is 13.8 Å². The Morgan fingerprint density at radius 2 is 1.64 bits per heavy atom. The Labute approximate surface area is 163 Å². The lowest BCUT2D eigenvalue weighted by Gasteiger charge is -2.20. The minimum atomic E-state index is -0.131. The van der Waals surface area contributed by atoms with E-state index in [9.17, 15) is 5.11 Å². The molecule has 0 unspecified atom stereocenters. The van der Waals surface area contributed by atoms with Gasteiger partial charge in [0.05, 0.1) is 17.1 Å². The molecule has 0 saturated carbocycles. The summed E-state index contributed by atoms with van der Waals surface area (Å²) in [4.78, 5) is 14.4. The van der Waals surface area contributed by atoms with Gasteiger partial charge in [0.1, 0.15) is 5.75 Å². The van der Waals surface area contributed by atoms with Gasteiger partial charge in [-0.3, -0.25) is 4.98 Å². The molecule has 0 aliphatic heterocycles. The molecule has 0 aliphatic carbocycles. The monoisotopic (exact) mass is 372 g/mol. The van der Waals surface area contributed by atoms with Crippen LogP contribution in [0.4, 0.5) is 11.4 Å². The molecule has 2 heterocycles. The predicted molar refractivity (Wildman–Crippen MR) is 109 cm³/mol. The van der Waals surface area contributed by atoms with Crippen LogP contribution in [0.1, 0.15) is 11.1 Å². The van der Waals surface area contributed by atoms with Crippen molar-refractivity contribution >= 4 is 22.3 Å². The van der Waals surface area contributed by atoms with Gasteiger partial charge in [0.25, 0.3) is 0 Å². The first-order chi connectivity index (χ1) is 13.5. The molecule has 0 saturated heterocycles. The fourth-order valence-electron chi connectivity index (χ4n) is 2.92. The zero-order valence-electron chi connectivity index (χ0n) is 15.9. The molecule has 28 heavy (non-hydrogen) atoms. The largest absolute Gasteiger partial charge is 0.493 e. The summed E-state index contributed by atoms with van der Waals surface area (Å²) in [7, 11) is 2.03. The summed E-state index contributed by atoms with van der Waals surface area (Å²) in [5, 5.41) is 10.6. The maximum atomic E-state index is 10.0. The number of rotatable bonds is 4. The van der Waals surface area contributed by atoms with Gasteiger partial charge in [-0.1, -0.05) is 6.07 Å². The van der Waals surface area contributed by atoms with Crippen LogP contribution in [0, 0.1) is 13.8 Å². The van der Waals surface area contributed by atoms with E-state index in [-0.39, 0.29) is 11.9 Å². The molecule has 0 aliphatic rings. The average Bonchev–Trinajstić information content (AvgIpc) is 2.70. The van der Waals surface area contributed by atoms with E-state index >= 15 is 0 Å². The van der Waals surface area contributed by atoms with Crippen molar-refractivity contribution in [3.63, 3.8) is 0 Å². The number of aryl methyl sites for hydroxylation is 2. The molecular weight excluding hydrogens is 352 g/mol. The average molecular weight is 372 g/mol. The van der Waals surface area contributed by atoms with Crippen molar-refractivity contribution in [1.82, 2.24) is 15.0 Å². The number of anilines is 2. The first-order valence-corrected chi connectivity index (χ1v) is 8.91. The van der Waals surface area contributed by atoms with Crippen LogP contribution in [-0.4, -0.2) is 27.1 Å². The van der Waals surface area contributed by atoms with Crippen LogP contribution < -0.4 is 9.64 Å². The fraction of sp³-hybridized carbons (Fsp3) is 0.136. The van der Waals surface area contributed by atoms with Crippen molar-refractivity contribution in [3.05, 3.63) is 72.1 Å². The topological polar surface area (TPSA) is 71.4 Å². The maximum absolute atomic E-state index is 10.0. The second-order valence-corrected chi connectivity index (χ2v) is 6.65. The lowest BCUT2D eigenvalue weighted by molar-refractivity contribution is 0.412. The number of pyridine rings is 1. The highest BCUT2D eigenvalue weighted by atomic mass is 16.5. The molecular formula is C22H20N4O2.